The van der Waals surface area contributed by atoms with Crippen LogP contribution in [0.15, 0.2) is 18.2 Å². The molecule has 1 unspecified atom stereocenters. The number of hydrogen-bond donors (Lipinski definition) is 1. The van der Waals surface area contributed by atoms with E-state index in [9.17, 15) is 9.18 Å². The summed E-state index contributed by atoms with van der Waals surface area (Å²) in [5, 5.41) is 8.95. The molecule has 0 bridgehead atoms. The summed E-state index contributed by atoms with van der Waals surface area (Å²) in [6.07, 6.45) is -0.0117. The first-order valence-electron chi connectivity index (χ1n) is 6.04. The summed E-state index contributed by atoms with van der Waals surface area (Å²) in [6.45, 7) is 1.81. The lowest BCUT2D eigenvalue weighted by Crippen LogP contribution is -2.46. The lowest BCUT2D eigenvalue weighted by Gasteiger charge is -2.34. The maximum Gasteiger partial charge on any atom is 0.305 e. The van der Waals surface area contributed by atoms with Gasteiger partial charge >= 0.3 is 5.97 Å². The van der Waals surface area contributed by atoms with E-state index >= 15 is 0 Å². The minimum Gasteiger partial charge on any atom is -0.481 e. The Hall–Kier alpha value is -1.17. The summed E-state index contributed by atoms with van der Waals surface area (Å²) in [6, 6.07) is 4.61. The van der Waals surface area contributed by atoms with Crippen molar-refractivity contribution in [3.05, 3.63) is 34.6 Å². The Morgan fingerprint density at radius 3 is 3.11 bits per heavy atom. The second-order valence-electron chi connectivity index (χ2n) is 4.51. The third-order valence-corrected chi connectivity index (χ3v) is 3.46. The lowest BCUT2D eigenvalue weighted by atomic mass is 10.1. The van der Waals surface area contributed by atoms with Crippen molar-refractivity contribution in [3.63, 3.8) is 0 Å². The Bertz CT molecular complexity index is 469. The molecule has 0 saturated carbocycles. The van der Waals surface area contributed by atoms with Gasteiger partial charge in [0, 0.05) is 24.7 Å². The molecule has 2 rings (SSSR count). The first-order chi connectivity index (χ1) is 9.08. The predicted molar refractivity (Wildman–Crippen MR) is 68.7 cm³/mol. The van der Waals surface area contributed by atoms with Gasteiger partial charge in [0.15, 0.2) is 0 Å². The zero-order valence-electron chi connectivity index (χ0n) is 10.3. The van der Waals surface area contributed by atoms with E-state index in [1.54, 1.807) is 12.1 Å². The quantitative estimate of drug-likeness (QED) is 0.922. The number of carbonyl (C=O) groups is 1. The van der Waals surface area contributed by atoms with Crippen molar-refractivity contribution < 1.29 is 19.0 Å². The van der Waals surface area contributed by atoms with Crippen molar-refractivity contribution in [2.75, 3.05) is 19.8 Å². The van der Waals surface area contributed by atoms with Gasteiger partial charge in [-0.1, -0.05) is 23.7 Å². The van der Waals surface area contributed by atoms with Crippen molar-refractivity contribution in [3.8, 4) is 0 Å². The highest BCUT2D eigenvalue weighted by molar-refractivity contribution is 6.30. The minimum atomic E-state index is -0.882. The molecule has 1 fully saturated rings. The van der Waals surface area contributed by atoms with Crippen LogP contribution in [0.25, 0.3) is 0 Å². The van der Waals surface area contributed by atoms with Crippen molar-refractivity contribution in [2.24, 2.45) is 0 Å². The number of hydrogen-bond acceptors (Lipinski definition) is 3. The molecule has 104 valence electrons. The average molecular weight is 288 g/mol. The molecule has 1 aliphatic rings. The standard InChI is InChI=1S/C13H15ClFNO3/c14-11-3-1-2-9(13(11)15)7-16-4-5-19-8-10(16)6-12(17)18/h1-3,10H,4-8H2,(H,17,18). The van der Waals surface area contributed by atoms with Crippen molar-refractivity contribution in [2.45, 2.75) is 19.0 Å². The Morgan fingerprint density at radius 1 is 1.58 bits per heavy atom. The number of carboxylic acids is 1. The van der Waals surface area contributed by atoms with Crippen LogP contribution in [0.1, 0.15) is 12.0 Å². The highest BCUT2D eigenvalue weighted by atomic mass is 35.5. The first kappa shape index (κ1) is 14.2. The molecule has 0 aliphatic carbocycles. The first-order valence-corrected chi connectivity index (χ1v) is 6.42. The van der Waals surface area contributed by atoms with Crippen LogP contribution in [-0.2, 0) is 16.1 Å². The summed E-state index contributed by atoms with van der Waals surface area (Å²) in [5.74, 6) is -1.32. The Morgan fingerprint density at radius 2 is 2.37 bits per heavy atom. The third-order valence-electron chi connectivity index (χ3n) is 3.16. The number of aliphatic carboxylic acids is 1. The Kier molecular flexibility index (Phi) is 4.74. The van der Waals surface area contributed by atoms with Gasteiger partial charge in [-0.2, -0.15) is 0 Å². The molecule has 4 nitrogen and oxygen atoms in total. The molecule has 0 spiro atoms. The van der Waals surface area contributed by atoms with Crippen molar-refractivity contribution in [1.82, 2.24) is 4.90 Å². The number of benzene rings is 1. The van der Waals surface area contributed by atoms with Gasteiger partial charge in [0.1, 0.15) is 5.82 Å². The number of ether oxygens (including phenoxy) is 1. The second-order valence-corrected chi connectivity index (χ2v) is 4.92. The van der Waals surface area contributed by atoms with Crippen molar-refractivity contribution in [1.29, 1.82) is 0 Å². The van der Waals surface area contributed by atoms with Crippen LogP contribution in [-0.4, -0.2) is 41.8 Å². The number of halogens is 2. The largest absolute Gasteiger partial charge is 0.481 e. The number of morpholine rings is 1. The second kappa shape index (κ2) is 6.32. The number of nitrogens with zero attached hydrogens (tertiary/aromatic N) is 1. The lowest BCUT2D eigenvalue weighted by molar-refractivity contribution is -0.140. The molecular formula is C13H15ClFNO3. The topological polar surface area (TPSA) is 49.8 Å². The molecule has 0 radical (unpaired) electrons. The SMILES string of the molecule is O=C(O)CC1COCCN1Cc1cccc(Cl)c1F. The molecule has 1 heterocycles. The van der Waals surface area contributed by atoms with Crippen LogP contribution in [0.4, 0.5) is 4.39 Å². The minimum absolute atomic E-state index is 0.0117. The summed E-state index contributed by atoms with van der Waals surface area (Å²) < 4.78 is 19.1. The highest BCUT2D eigenvalue weighted by Gasteiger charge is 2.26. The van der Waals surface area contributed by atoms with Crippen LogP contribution in [0.3, 0.4) is 0 Å². The maximum absolute atomic E-state index is 13.8. The van der Waals surface area contributed by atoms with Gasteiger partial charge in [-0.05, 0) is 6.07 Å². The normalized spacial score (nSPS) is 20.4. The van der Waals surface area contributed by atoms with E-state index in [0.29, 0.717) is 31.9 Å². The smallest absolute Gasteiger partial charge is 0.305 e. The van der Waals surface area contributed by atoms with E-state index in [2.05, 4.69) is 0 Å². The molecule has 1 N–H and O–H groups in total. The summed E-state index contributed by atoms with van der Waals surface area (Å²) in [5.41, 5.74) is 0.477. The fraction of sp³-hybridized carbons (Fsp3) is 0.462. The van der Waals surface area contributed by atoms with E-state index in [-0.39, 0.29) is 17.5 Å². The van der Waals surface area contributed by atoms with Gasteiger partial charge in [0.2, 0.25) is 0 Å². The van der Waals surface area contributed by atoms with Gasteiger partial charge in [-0.25, -0.2) is 4.39 Å². The summed E-state index contributed by atoms with van der Waals surface area (Å²) >= 11 is 5.74. The summed E-state index contributed by atoms with van der Waals surface area (Å²) in [4.78, 5) is 12.7. The monoisotopic (exact) mass is 287 g/mol. The van der Waals surface area contributed by atoms with E-state index < -0.39 is 11.8 Å². The summed E-state index contributed by atoms with van der Waals surface area (Å²) in [7, 11) is 0. The van der Waals surface area contributed by atoms with Gasteiger partial charge in [-0.15, -0.1) is 0 Å². The van der Waals surface area contributed by atoms with Crippen molar-refractivity contribution >= 4 is 17.6 Å². The van der Waals surface area contributed by atoms with Gasteiger partial charge in [0.25, 0.3) is 0 Å². The number of carboxylic acid groups (broad SMARTS) is 1. The van der Waals surface area contributed by atoms with Crippen LogP contribution >= 0.6 is 11.6 Å². The molecule has 19 heavy (non-hydrogen) atoms. The van der Waals surface area contributed by atoms with E-state index in [1.807, 2.05) is 4.90 Å². The highest BCUT2D eigenvalue weighted by Crippen LogP contribution is 2.21. The third kappa shape index (κ3) is 3.65. The molecule has 1 aromatic rings. The zero-order valence-corrected chi connectivity index (χ0v) is 11.1. The van der Waals surface area contributed by atoms with Gasteiger partial charge in [-0.3, -0.25) is 9.69 Å². The maximum atomic E-state index is 13.8. The molecule has 1 atom stereocenters. The zero-order chi connectivity index (χ0) is 13.8. The van der Waals surface area contributed by atoms with Crippen LogP contribution in [0.2, 0.25) is 5.02 Å². The van der Waals surface area contributed by atoms with E-state index in [4.69, 9.17) is 21.4 Å². The molecule has 1 saturated heterocycles. The van der Waals surface area contributed by atoms with Crippen LogP contribution < -0.4 is 0 Å². The van der Waals surface area contributed by atoms with Gasteiger partial charge < -0.3 is 9.84 Å². The molecule has 6 heteroatoms. The molecule has 0 aromatic heterocycles. The molecular weight excluding hydrogens is 273 g/mol. The number of rotatable bonds is 4. The Balaban J connectivity index is 2.10. The van der Waals surface area contributed by atoms with Gasteiger partial charge in [0.05, 0.1) is 24.7 Å². The average Bonchev–Trinajstić information content (AvgIpc) is 2.36. The fourth-order valence-electron chi connectivity index (χ4n) is 2.18. The fourth-order valence-corrected chi connectivity index (χ4v) is 2.37. The van der Waals surface area contributed by atoms with E-state index in [0.717, 1.165) is 0 Å². The van der Waals surface area contributed by atoms with Crippen LogP contribution in [0, 0.1) is 5.82 Å². The Labute approximate surface area is 115 Å². The van der Waals surface area contributed by atoms with Crippen LogP contribution in [0.5, 0.6) is 0 Å². The molecule has 1 aromatic carbocycles. The predicted octanol–water partition coefficient (Wildman–Crippen LogP) is 2.15. The molecule has 0 amide bonds. The van der Waals surface area contributed by atoms with E-state index in [1.165, 1.54) is 6.07 Å². The molecule has 1 aliphatic heterocycles.